The molecular weight excluding hydrogens is 727 g/mol. The molecule has 0 bridgehead atoms. The van der Waals surface area contributed by atoms with Crippen LogP contribution in [0.5, 0.6) is 0 Å². The van der Waals surface area contributed by atoms with E-state index in [1.54, 1.807) is 0 Å². The van der Waals surface area contributed by atoms with Crippen molar-refractivity contribution in [1.29, 1.82) is 0 Å². The van der Waals surface area contributed by atoms with E-state index < -0.39 is 45.8 Å². The highest BCUT2D eigenvalue weighted by molar-refractivity contribution is 7.47. The number of hydrogen-bond acceptors (Lipinski definition) is 8. The normalized spacial score (nSPS) is 14.7. The average molecular weight is 809 g/mol. The summed E-state index contributed by atoms with van der Waals surface area (Å²) in [4.78, 5) is 22.6. The SMILES string of the molecule is CC/C=C\C/C=C\C/C=C\C/C=C\CCCCC(=O)OC(COCCCCCCCCCCCC/C=C\C/C=C\CCCCC)COP(=O)(O)OCC(O)CO. The monoisotopic (exact) mass is 809 g/mol. The van der Waals surface area contributed by atoms with Crippen LogP contribution in [0.3, 0.4) is 0 Å². The highest BCUT2D eigenvalue weighted by atomic mass is 31.2. The second-order valence-corrected chi connectivity index (χ2v) is 15.8. The number of rotatable bonds is 41. The number of esters is 1. The van der Waals surface area contributed by atoms with Crippen molar-refractivity contribution in [2.24, 2.45) is 0 Å². The van der Waals surface area contributed by atoms with Gasteiger partial charge in [-0.1, -0.05) is 151 Å². The lowest BCUT2D eigenvalue weighted by molar-refractivity contribution is -0.154. The number of allylic oxidation sites excluding steroid dienone is 12. The number of carbonyl (C=O) groups excluding carboxylic acids is 1. The maximum absolute atomic E-state index is 12.6. The fourth-order valence-corrected chi connectivity index (χ4v) is 6.34. The molecule has 0 heterocycles. The highest BCUT2D eigenvalue weighted by Gasteiger charge is 2.26. The third-order valence-electron chi connectivity index (χ3n) is 8.88. The van der Waals surface area contributed by atoms with E-state index in [9.17, 15) is 19.4 Å². The molecule has 56 heavy (non-hydrogen) atoms. The van der Waals surface area contributed by atoms with Crippen molar-refractivity contribution in [3.8, 4) is 0 Å². The molecule has 0 aliphatic rings. The maximum Gasteiger partial charge on any atom is 0.472 e. The molecule has 0 aliphatic heterocycles. The van der Waals surface area contributed by atoms with Crippen molar-refractivity contribution in [1.82, 2.24) is 0 Å². The Bertz CT molecular complexity index is 1100. The lowest BCUT2D eigenvalue weighted by atomic mass is 10.1. The Morgan fingerprint density at radius 2 is 1.02 bits per heavy atom. The molecule has 10 heteroatoms. The summed E-state index contributed by atoms with van der Waals surface area (Å²) in [5, 5.41) is 18.3. The second kappa shape index (κ2) is 42.5. The minimum atomic E-state index is -4.53. The Balaban J connectivity index is 4.22. The zero-order chi connectivity index (χ0) is 41.1. The lowest BCUT2D eigenvalue weighted by Gasteiger charge is -2.20. The van der Waals surface area contributed by atoms with Crippen molar-refractivity contribution < 1.29 is 43.0 Å². The summed E-state index contributed by atoms with van der Waals surface area (Å²) >= 11 is 0. The summed E-state index contributed by atoms with van der Waals surface area (Å²) < 4.78 is 33.3. The van der Waals surface area contributed by atoms with Crippen molar-refractivity contribution in [3.63, 3.8) is 0 Å². The summed E-state index contributed by atoms with van der Waals surface area (Å²) in [7, 11) is -4.53. The first-order chi connectivity index (χ1) is 27.3. The van der Waals surface area contributed by atoms with Gasteiger partial charge < -0.3 is 24.6 Å². The van der Waals surface area contributed by atoms with Crippen molar-refractivity contribution in [2.75, 3.05) is 33.0 Å². The molecule has 0 fully saturated rings. The van der Waals surface area contributed by atoms with Gasteiger partial charge in [0.25, 0.3) is 0 Å². The van der Waals surface area contributed by atoms with E-state index in [4.69, 9.17) is 23.6 Å². The zero-order valence-electron chi connectivity index (χ0n) is 35.3. The van der Waals surface area contributed by atoms with Gasteiger partial charge in [-0.15, -0.1) is 0 Å². The van der Waals surface area contributed by atoms with Crippen LogP contribution in [0.1, 0.15) is 168 Å². The summed E-state index contributed by atoms with van der Waals surface area (Å²) in [5.41, 5.74) is 0. The second-order valence-electron chi connectivity index (χ2n) is 14.3. The maximum atomic E-state index is 12.6. The molecule has 3 atom stereocenters. The number of hydrogen-bond donors (Lipinski definition) is 3. The van der Waals surface area contributed by atoms with Crippen LogP contribution in [0.2, 0.25) is 0 Å². The van der Waals surface area contributed by atoms with Crippen molar-refractivity contribution >= 4 is 13.8 Å². The minimum absolute atomic E-state index is 0.0267. The smallest absolute Gasteiger partial charge is 0.457 e. The fraction of sp³-hybridized carbons (Fsp3) is 0.717. The number of unbranched alkanes of at least 4 members (excludes halogenated alkanes) is 15. The van der Waals surface area contributed by atoms with Gasteiger partial charge in [0, 0.05) is 13.0 Å². The van der Waals surface area contributed by atoms with Crippen LogP contribution in [0.4, 0.5) is 0 Å². The van der Waals surface area contributed by atoms with Crippen LogP contribution in [0, 0.1) is 0 Å². The number of carbonyl (C=O) groups is 1. The van der Waals surface area contributed by atoms with Crippen LogP contribution in [-0.2, 0) is 27.9 Å². The number of phosphoric acid groups is 1. The van der Waals surface area contributed by atoms with E-state index in [1.165, 1.54) is 77.0 Å². The molecule has 0 aromatic carbocycles. The largest absolute Gasteiger partial charge is 0.472 e. The summed E-state index contributed by atoms with van der Waals surface area (Å²) in [6.45, 7) is 3.30. The van der Waals surface area contributed by atoms with E-state index in [0.717, 1.165) is 64.2 Å². The topological polar surface area (TPSA) is 132 Å². The molecule has 0 aliphatic carbocycles. The molecule has 0 aromatic rings. The molecule has 0 aromatic heterocycles. The predicted octanol–water partition coefficient (Wildman–Crippen LogP) is 12.1. The van der Waals surface area contributed by atoms with Gasteiger partial charge in [-0.05, 0) is 83.5 Å². The molecule has 324 valence electrons. The molecule has 3 N–H and O–H groups in total. The van der Waals surface area contributed by atoms with Crippen LogP contribution in [0.25, 0.3) is 0 Å². The molecule has 0 rings (SSSR count). The van der Waals surface area contributed by atoms with Gasteiger partial charge in [0.1, 0.15) is 12.2 Å². The predicted molar refractivity (Wildman–Crippen MR) is 233 cm³/mol. The Morgan fingerprint density at radius 1 is 0.571 bits per heavy atom. The van der Waals surface area contributed by atoms with Gasteiger partial charge >= 0.3 is 13.8 Å². The molecule has 0 amide bonds. The van der Waals surface area contributed by atoms with Crippen molar-refractivity contribution in [3.05, 3.63) is 72.9 Å². The van der Waals surface area contributed by atoms with Crippen LogP contribution in [0.15, 0.2) is 72.9 Å². The van der Waals surface area contributed by atoms with Gasteiger partial charge in [0.05, 0.1) is 26.4 Å². The van der Waals surface area contributed by atoms with Crippen molar-refractivity contribution in [2.45, 2.75) is 180 Å². The molecule has 9 nitrogen and oxygen atoms in total. The standard InChI is InChI=1S/C46H81O9P/c1-3-5-7-9-11-13-15-17-19-20-21-22-23-25-27-29-31-33-35-37-39-52-42-45(43-54-56(50,51)53-41-44(48)40-47)55-46(49)38-36-34-32-30-28-26-24-18-16-14-12-10-8-6-4-2/h6,8,11-14,17-19,24,28,30,44-45,47-48H,3-5,7,9-10,15-16,20-23,25-27,29,31-43H2,1-2H3,(H,50,51)/b8-6-,13-11-,14-12-,19-17-,24-18-,30-28-. The number of aliphatic hydroxyl groups is 2. The summed E-state index contributed by atoms with van der Waals surface area (Å²) in [6.07, 6.45) is 50.1. The summed E-state index contributed by atoms with van der Waals surface area (Å²) in [5.74, 6) is -0.426. The van der Waals surface area contributed by atoms with Crippen LogP contribution in [-0.4, -0.2) is 66.3 Å². The molecule has 0 radical (unpaired) electrons. The van der Waals surface area contributed by atoms with Gasteiger partial charge in [-0.2, -0.15) is 0 Å². The third-order valence-corrected chi connectivity index (χ3v) is 9.83. The molecule has 3 unspecified atom stereocenters. The third kappa shape index (κ3) is 41.5. The number of ether oxygens (including phenoxy) is 2. The lowest BCUT2D eigenvalue weighted by Crippen LogP contribution is -2.29. The number of aliphatic hydroxyl groups excluding tert-OH is 2. The first kappa shape index (κ1) is 53.9. The van der Waals surface area contributed by atoms with E-state index in [2.05, 4.69) is 86.8 Å². The van der Waals surface area contributed by atoms with Gasteiger partial charge in [-0.25, -0.2) is 4.57 Å². The quantitative estimate of drug-likeness (QED) is 0.0239. The number of phosphoric ester groups is 1. The van der Waals surface area contributed by atoms with Crippen LogP contribution >= 0.6 is 7.82 Å². The zero-order valence-corrected chi connectivity index (χ0v) is 36.2. The Morgan fingerprint density at radius 3 is 1.54 bits per heavy atom. The van der Waals surface area contributed by atoms with E-state index >= 15 is 0 Å². The Hall–Kier alpha value is -2.10. The summed E-state index contributed by atoms with van der Waals surface area (Å²) in [6, 6.07) is 0. The van der Waals surface area contributed by atoms with E-state index in [-0.39, 0.29) is 13.0 Å². The molecule has 0 spiro atoms. The molecule has 0 saturated heterocycles. The van der Waals surface area contributed by atoms with Gasteiger partial charge in [0.2, 0.25) is 0 Å². The van der Waals surface area contributed by atoms with E-state index in [0.29, 0.717) is 13.0 Å². The Labute approximate surface area is 342 Å². The molecular formula is C46H81O9P. The average Bonchev–Trinajstić information content (AvgIpc) is 3.19. The Kier molecular flexibility index (Phi) is 40.9. The fourth-order valence-electron chi connectivity index (χ4n) is 5.55. The van der Waals surface area contributed by atoms with Crippen LogP contribution < -0.4 is 0 Å². The minimum Gasteiger partial charge on any atom is -0.457 e. The van der Waals surface area contributed by atoms with E-state index in [1.807, 2.05) is 0 Å². The highest BCUT2D eigenvalue weighted by Crippen LogP contribution is 2.43. The van der Waals surface area contributed by atoms with Gasteiger partial charge in [-0.3, -0.25) is 13.8 Å². The van der Waals surface area contributed by atoms with Gasteiger partial charge in [0.15, 0.2) is 0 Å². The first-order valence-corrected chi connectivity index (χ1v) is 23.4. The first-order valence-electron chi connectivity index (χ1n) is 21.9. The molecule has 0 saturated carbocycles.